The lowest BCUT2D eigenvalue weighted by Gasteiger charge is -2.13. The largest absolute Gasteiger partial charge is 0.496 e. The molecule has 172 valence electrons. The fourth-order valence-electron chi connectivity index (χ4n) is 3.23. The number of nitrogens with zero attached hydrogens (tertiary/aromatic N) is 3. The maximum Gasteiger partial charge on any atom is 0.266 e. The van der Waals surface area contributed by atoms with Gasteiger partial charge < -0.3 is 4.74 Å². The van der Waals surface area contributed by atoms with Gasteiger partial charge in [-0.15, -0.1) is 0 Å². The fraction of sp³-hybridized carbons (Fsp3) is 0.120. The Morgan fingerprint density at radius 2 is 1.94 bits per heavy atom. The van der Waals surface area contributed by atoms with Gasteiger partial charge in [0.1, 0.15) is 5.75 Å². The van der Waals surface area contributed by atoms with Gasteiger partial charge in [-0.25, -0.2) is 10.4 Å². The maximum atomic E-state index is 13.3. The molecule has 0 aliphatic rings. The number of rotatable bonds is 7. The Morgan fingerprint density at radius 1 is 1.18 bits per heavy atom. The van der Waals surface area contributed by atoms with Crippen LogP contribution in [0.2, 0.25) is 0 Å². The molecule has 9 heteroatoms. The standard InChI is InChI=1S/C25H21BrN4O3S/c1-16-7-10-18(11-8-16)30-24(32)19-5-3-4-6-21(19)28-25(30)34-15-23(31)29-27-14-17-9-12-22(33-2)20(26)13-17/h3-14H,15H2,1-2H3,(H,29,31)/b27-14+. The van der Waals surface area contributed by atoms with E-state index in [2.05, 4.69) is 31.4 Å². The van der Waals surface area contributed by atoms with E-state index in [0.717, 1.165) is 15.6 Å². The summed E-state index contributed by atoms with van der Waals surface area (Å²) in [5.41, 5.74) is 5.50. The minimum Gasteiger partial charge on any atom is -0.496 e. The number of carbonyl (C=O) groups is 1. The summed E-state index contributed by atoms with van der Waals surface area (Å²) in [5, 5.41) is 4.98. The molecule has 0 radical (unpaired) electrons. The van der Waals surface area contributed by atoms with Gasteiger partial charge in [0.2, 0.25) is 0 Å². The SMILES string of the molecule is COc1ccc(/C=N/NC(=O)CSc2nc3ccccc3c(=O)n2-c2ccc(C)cc2)cc1Br. The zero-order valence-corrected chi connectivity index (χ0v) is 20.9. The Morgan fingerprint density at radius 3 is 2.68 bits per heavy atom. The third-order valence-electron chi connectivity index (χ3n) is 4.95. The number of hydrazone groups is 1. The summed E-state index contributed by atoms with van der Waals surface area (Å²) in [6.45, 7) is 1.98. The molecule has 0 unspecified atom stereocenters. The Hall–Kier alpha value is -3.43. The quantitative estimate of drug-likeness (QED) is 0.160. The maximum absolute atomic E-state index is 13.3. The number of para-hydroxylation sites is 1. The lowest BCUT2D eigenvalue weighted by Crippen LogP contribution is -2.24. The van der Waals surface area contributed by atoms with Crippen molar-refractivity contribution in [2.45, 2.75) is 12.1 Å². The molecule has 34 heavy (non-hydrogen) atoms. The first kappa shape index (κ1) is 23.7. The molecule has 0 bridgehead atoms. The van der Waals surface area contributed by atoms with E-state index in [9.17, 15) is 9.59 Å². The molecule has 0 aliphatic heterocycles. The fourth-order valence-corrected chi connectivity index (χ4v) is 4.60. The minimum atomic E-state index is -0.313. The number of thioether (sulfide) groups is 1. The number of nitrogens with one attached hydrogen (secondary N) is 1. The van der Waals surface area contributed by atoms with Gasteiger partial charge in [-0.3, -0.25) is 14.2 Å². The third-order valence-corrected chi connectivity index (χ3v) is 6.51. The van der Waals surface area contributed by atoms with Crippen LogP contribution in [0.3, 0.4) is 0 Å². The summed E-state index contributed by atoms with van der Waals surface area (Å²) < 4.78 is 7.53. The van der Waals surface area contributed by atoms with Crippen LogP contribution in [0.15, 0.2) is 86.3 Å². The summed E-state index contributed by atoms with van der Waals surface area (Å²) in [7, 11) is 1.59. The molecule has 0 aliphatic carbocycles. The van der Waals surface area contributed by atoms with Crippen molar-refractivity contribution in [3.05, 3.63) is 92.7 Å². The summed E-state index contributed by atoms with van der Waals surface area (Å²) in [4.78, 5) is 30.3. The second kappa shape index (κ2) is 10.7. The highest BCUT2D eigenvalue weighted by molar-refractivity contribution is 9.10. The Labute approximate surface area is 209 Å². The Bertz CT molecular complexity index is 1430. The van der Waals surface area contributed by atoms with Crippen molar-refractivity contribution >= 4 is 50.7 Å². The number of amides is 1. The smallest absolute Gasteiger partial charge is 0.266 e. The number of fused-ring (bicyclic) bond motifs is 1. The highest BCUT2D eigenvalue weighted by Gasteiger charge is 2.14. The first-order valence-corrected chi connectivity index (χ1v) is 12.1. The van der Waals surface area contributed by atoms with Crippen LogP contribution in [0.1, 0.15) is 11.1 Å². The average Bonchev–Trinajstić information content (AvgIpc) is 2.84. The summed E-state index contributed by atoms with van der Waals surface area (Å²) in [6, 6.07) is 20.3. The van der Waals surface area contributed by atoms with Crippen LogP contribution in [-0.4, -0.2) is 34.5 Å². The molecular formula is C25H21BrN4O3S. The van der Waals surface area contributed by atoms with Gasteiger partial charge >= 0.3 is 0 Å². The van der Waals surface area contributed by atoms with Gasteiger partial charge in [0.15, 0.2) is 5.16 Å². The van der Waals surface area contributed by atoms with E-state index in [4.69, 9.17) is 4.74 Å². The number of methoxy groups -OCH3 is 1. The van der Waals surface area contributed by atoms with Crippen LogP contribution in [0.4, 0.5) is 0 Å². The second-order valence-electron chi connectivity index (χ2n) is 7.36. The molecule has 1 N–H and O–H groups in total. The molecule has 4 aromatic rings. The van der Waals surface area contributed by atoms with Crippen LogP contribution in [-0.2, 0) is 4.79 Å². The predicted molar refractivity (Wildman–Crippen MR) is 139 cm³/mol. The van der Waals surface area contributed by atoms with Gasteiger partial charge in [0, 0.05) is 0 Å². The summed E-state index contributed by atoms with van der Waals surface area (Å²) in [5.74, 6) is 0.437. The first-order chi connectivity index (χ1) is 16.5. The minimum absolute atomic E-state index is 0.0420. The van der Waals surface area contributed by atoms with E-state index >= 15 is 0 Å². The molecule has 0 atom stereocenters. The van der Waals surface area contributed by atoms with Crippen molar-refractivity contribution in [3.63, 3.8) is 0 Å². The molecule has 0 saturated heterocycles. The third kappa shape index (κ3) is 5.37. The second-order valence-corrected chi connectivity index (χ2v) is 9.16. The average molecular weight is 537 g/mol. The lowest BCUT2D eigenvalue weighted by atomic mass is 10.2. The zero-order valence-electron chi connectivity index (χ0n) is 18.5. The van der Waals surface area contributed by atoms with Crippen LogP contribution in [0, 0.1) is 6.92 Å². The monoisotopic (exact) mass is 536 g/mol. The molecule has 0 spiro atoms. The van der Waals surface area contributed by atoms with Gasteiger partial charge in [-0.1, -0.05) is 41.6 Å². The molecule has 1 aromatic heterocycles. The van der Waals surface area contributed by atoms with Crippen molar-refractivity contribution in [1.29, 1.82) is 0 Å². The molecule has 1 amide bonds. The number of ether oxygens (including phenoxy) is 1. The summed E-state index contributed by atoms with van der Waals surface area (Å²) in [6.07, 6.45) is 1.54. The number of benzene rings is 3. The van der Waals surface area contributed by atoms with E-state index in [0.29, 0.717) is 27.5 Å². The number of hydrogen-bond acceptors (Lipinski definition) is 6. The highest BCUT2D eigenvalue weighted by atomic mass is 79.9. The first-order valence-electron chi connectivity index (χ1n) is 10.3. The molecule has 0 fully saturated rings. The van der Waals surface area contributed by atoms with Gasteiger partial charge in [-0.2, -0.15) is 5.10 Å². The van der Waals surface area contributed by atoms with Crippen LogP contribution in [0.25, 0.3) is 16.6 Å². The molecule has 7 nitrogen and oxygen atoms in total. The normalized spacial score (nSPS) is 11.1. The molecule has 0 saturated carbocycles. The van der Waals surface area contributed by atoms with Crippen LogP contribution >= 0.6 is 27.7 Å². The Kier molecular flexibility index (Phi) is 7.44. The molecular weight excluding hydrogens is 516 g/mol. The lowest BCUT2D eigenvalue weighted by molar-refractivity contribution is -0.118. The molecule has 4 rings (SSSR count). The number of hydrogen-bond donors (Lipinski definition) is 1. The number of halogens is 1. The zero-order chi connectivity index (χ0) is 24.1. The summed E-state index contributed by atoms with van der Waals surface area (Å²) >= 11 is 4.60. The van der Waals surface area contributed by atoms with Gasteiger partial charge in [-0.05, 0) is 70.9 Å². The van der Waals surface area contributed by atoms with E-state index in [1.165, 1.54) is 16.3 Å². The van der Waals surface area contributed by atoms with Gasteiger partial charge in [0.25, 0.3) is 11.5 Å². The molecule has 1 heterocycles. The van der Waals surface area contributed by atoms with E-state index < -0.39 is 0 Å². The van der Waals surface area contributed by atoms with Crippen molar-refractivity contribution in [1.82, 2.24) is 15.0 Å². The number of aromatic nitrogens is 2. The number of carbonyl (C=O) groups excluding carboxylic acids is 1. The molecule has 3 aromatic carbocycles. The van der Waals surface area contributed by atoms with Crippen molar-refractivity contribution in [2.24, 2.45) is 5.10 Å². The van der Waals surface area contributed by atoms with E-state index in [1.54, 1.807) is 31.5 Å². The van der Waals surface area contributed by atoms with Crippen LogP contribution in [0.5, 0.6) is 5.75 Å². The highest BCUT2D eigenvalue weighted by Crippen LogP contribution is 2.25. The predicted octanol–water partition coefficient (Wildman–Crippen LogP) is 4.71. The van der Waals surface area contributed by atoms with Crippen LogP contribution < -0.4 is 15.7 Å². The van der Waals surface area contributed by atoms with Crippen molar-refractivity contribution in [2.75, 3.05) is 12.9 Å². The van der Waals surface area contributed by atoms with E-state index in [1.807, 2.05) is 55.5 Å². The van der Waals surface area contributed by atoms with Gasteiger partial charge in [0.05, 0.1) is 40.1 Å². The Balaban J connectivity index is 1.53. The van der Waals surface area contributed by atoms with Crippen molar-refractivity contribution in [3.8, 4) is 11.4 Å². The van der Waals surface area contributed by atoms with Crippen molar-refractivity contribution < 1.29 is 9.53 Å². The topological polar surface area (TPSA) is 85.6 Å². The number of aryl methyl sites for hydroxylation is 1. The van der Waals surface area contributed by atoms with E-state index in [-0.39, 0.29) is 17.2 Å².